The van der Waals surface area contributed by atoms with E-state index in [-0.39, 0.29) is 29.7 Å². The quantitative estimate of drug-likeness (QED) is 0.220. The number of benzene rings is 2. The summed E-state index contributed by atoms with van der Waals surface area (Å²) in [6.45, 7) is 0.151. The van der Waals surface area contributed by atoms with Crippen molar-refractivity contribution in [2.75, 3.05) is 32.4 Å². The topological polar surface area (TPSA) is 134 Å². The standard InChI is InChI=1S/C25H27N5O6S/c1-30-21(14-26-22(31)12-10-16-9-11-19(34-2)20(13-16)35-3)28-29-25(30)37-15-23(32)27-18-8-6-5-7-17(18)24(33)36-4/h5-13H,14-15H2,1-4H3,(H,26,31)(H,27,32). The number of methoxy groups -OCH3 is 3. The van der Waals surface area contributed by atoms with Gasteiger partial charge in [-0.05, 0) is 35.9 Å². The lowest BCUT2D eigenvalue weighted by molar-refractivity contribution is -0.116. The maximum absolute atomic E-state index is 12.4. The van der Waals surface area contributed by atoms with Crippen LogP contribution in [-0.2, 0) is 27.9 Å². The van der Waals surface area contributed by atoms with Gasteiger partial charge >= 0.3 is 5.97 Å². The Hall–Kier alpha value is -4.32. The van der Waals surface area contributed by atoms with Crippen LogP contribution in [-0.4, -0.2) is 59.6 Å². The summed E-state index contributed by atoms with van der Waals surface area (Å²) in [5, 5.41) is 14.1. The molecule has 0 spiro atoms. The predicted molar refractivity (Wildman–Crippen MR) is 139 cm³/mol. The first-order valence-electron chi connectivity index (χ1n) is 11.0. The molecule has 0 bridgehead atoms. The number of anilines is 1. The van der Waals surface area contributed by atoms with Crippen LogP contribution in [0.1, 0.15) is 21.7 Å². The molecule has 0 aliphatic carbocycles. The number of hydrogen-bond donors (Lipinski definition) is 2. The van der Waals surface area contributed by atoms with Gasteiger partial charge in [0.15, 0.2) is 22.5 Å². The van der Waals surface area contributed by atoms with Crippen LogP contribution in [0.4, 0.5) is 5.69 Å². The van der Waals surface area contributed by atoms with Gasteiger partial charge in [0.25, 0.3) is 0 Å². The fourth-order valence-corrected chi connectivity index (χ4v) is 3.90. The first-order chi connectivity index (χ1) is 17.9. The highest BCUT2D eigenvalue weighted by atomic mass is 32.2. The minimum Gasteiger partial charge on any atom is -0.493 e. The molecule has 2 N–H and O–H groups in total. The molecule has 1 heterocycles. The number of carbonyl (C=O) groups is 3. The number of rotatable bonds is 11. The molecule has 37 heavy (non-hydrogen) atoms. The van der Waals surface area contributed by atoms with Gasteiger partial charge in [-0.1, -0.05) is 30.0 Å². The Morgan fingerprint density at radius 2 is 1.78 bits per heavy atom. The highest BCUT2D eigenvalue weighted by Crippen LogP contribution is 2.28. The maximum atomic E-state index is 12.4. The molecule has 0 radical (unpaired) electrons. The van der Waals surface area contributed by atoms with Gasteiger partial charge in [0, 0.05) is 13.1 Å². The number of para-hydroxylation sites is 1. The average molecular weight is 526 g/mol. The van der Waals surface area contributed by atoms with E-state index in [4.69, 9.17) is 14.2 Å². The van der Waals surface area contributed by atoms with Gasteiger partial charge in [-0.2, -0.15) is 0 Å². The molecule has 2 aromatic carbocycles. The summed E-state index contributed by atoms with van der Waals surface area (Å²) in [4.78, 5) is 36.6. The maximum Gasteiger partial charge on any atom is 0.339 e. The fraction of sp³-hybridized carbons (Fsp3) is 0.240. The molecule has 0 aliphatic heterocycles. The third-order valence-electron chi connectivity index (χ3n) is 5.12. The van der Waals surface area contributed by atoms with E-state index in [9.17, 15) is 14.4 Å². The van der Waals surface area contributed by atoms with E-state index < -0.39 is 5.97 Å². The fourth-order valence-electron chi connectivity index (χ4n) is 3.17. The molecule has 11 nitrogen and oxygen atoms in total. The second-order valence-electron chi connectivity index (χ2n) is 7.50. The van der Waals surface area contributed by atoms with E-state index in [1.807, 2.05) is 6.07 Å². The molecule has 3 aromatic rings. The Morgan fingerprint density at radius 1 is 1.03 bits per heavy atom. The second-order valence-corrected chi connectivity index (χ2v) is 8.44. The van der Waals surface area contributed by atoms with Gasteiger partial charge in [-0.15, -0.1) is 10.2 Å². The van der Waals surface area contributed by atoms with Crippen molar-refractivity contribution in [3.05, 3.63) is 65.5 Å². The molecule has 3 rings (SSSR count). The summed E-state index contributed by atoms with van der Waals surface area (Å²) in [6.07, 6.45) is 3.07. The zero-order valence-electron chi connectivity index (χ0n) is 20.8. The number of nitrogens with zero attached hydrogens (tertiary/aromatic N) is 3. The van der Waals surface area contributed by atoms with Gasteiger partial charge in [0.05, 0.1) is 44.9 Å². The molecule has 0 saturated carbocycles. The minimum absolute atomic E-state index is 0.0436. The summed E-state index contributed by atoms with van der Waals surface area (Å²) in [5.41, 5.74) is 1.40. The summed E-state index contributed by atoms with van der Waals surface area (Å²) in [6, 6.07) is 11.9. The van der Waals surface area contributed by atoms with E-state index in [2.05, 4.69) is 20.8 Å². The number of ether oxygens (including phenoxy) is 3. The van der Waals surface area contributed by atoms with Gasteiger partial charge in [-0.3, -0.25) is 9.59 Å². The average Bonchev–Trinajstić information content (AvgIpc) is 3.27. The molecular formula is C25H27N5O6S. The Morgan fingerprint density at radius 3 is 2.51 bits per heavy atom. The number of nitrogens with one attached hydrogen (secondary N) is 2. The number of hydrogen-bond acceptors (Lipinski definition) is 9. The van der Waals surface area contributed by atoms with E-state index in [1.54, 1.807) is 68.3 Å². The Balaban J connectivity index is 1.52. The lowest BCUT2D eigenvalue weighted by Crippen LogP contribution is -2.22. The molecule has 0 fully saturated rings. The van der Waals surface area contributed by atoms with Crippen molar-refractivity contribution < 1.29 is 28.6 Å². The summed E-state index contributed by atoms with van der Waals surface area (Å²) in [7, 11) is 6.12. The van der Waals surface area contributed by atoms with Crippen molar-refractivity contribution in [3.8, 4) is 11.5 Å². The largest absolute Gasteiger partial charge is 0.493 e. The normalized spacial score (nSPS) is 10.7. The Bertz CT molecular complexity index is 1310. The molecule has 0 unspecified atom stereocenters. The number of thioether (sulfide) groups is 1. The third kappa shape index (κ3) is 7.34. The number of esters is 1. The van der Waals surface area contributed by atoms with Crippen molar-refractivity contribution in [3.63, 3.8) is 0 Å². The van der Waals surface area contributed by atoms with Crippen LogP contribution in [0.25, 0.3) is 6.08 Å². The number of amides is 2. The van der Waals surface area contributed by atoms with Gasteiger partial charge in [0.2, 0.25) is 11.8 Å². The second kappa shape index (κ2) is 13.1. The van der Waals surface area contributed by atoms with Gasteiger partial charge < -0.3 is 29.4 Å². The highest BCUT2D eigenvalue weighted by Gasteiger charge is 2.15. The molecule has 1 aromatic heterocycles. The van der Waals surface area contributed by atoms with Crippen molar-refractivity contribution in [1.29, 1.82) is 0 Å². The predicted octanol–water partition coefficient (Wildman–Crippen LogP) is 2.68. The molecule has 0 aliphatic rings. The monoisotopic (exact) mass is 525 g/mol. The van der Waals surface area contributed by atoms with Crippen LogP contribution in [0.2, 0.25) is 0 Å². The summed E-state index contributed by atoms with van der Waals surface area (Å²) in [5.74, 6) is 0.560. The van der Waals surface area contributed by atoms with Crippen LogP contribution >= 0.6 is 11.8 Å². The van der Waals surface area contributed by atoms with Crippen LogP contribution < -0.4 is 20.1 Å². The van der Waals surface area contributed by atoms with Gasteiger partial charge in [-0.25, -0.2) is 4.79 Å². The van der Waals surface area contributed by atoms with Crippen molar-refractivity contribution in [1.82, 2.24) is 20.1 Å². The van der Waals surface area contributed by atoms with Crippen LogP contribution in [0.15, 0.2) is 53.7 Å². The van der Waals surface area contributed by atoms with Crippen LogP contribution in [0.3, 0.4) is 0 Å². The SMILES string of the molecule is COC(=O)c1ccccc1NC(=O)CSc1nnc(CNC(=O)C=Cc2ccc(OC)c(OC)c2)n1C. The zero-order valence-corrected chi connectivity index (χ0v) is 21.6. The molecule has 12 heteroatoms. The lowest BCUT2D eigenvalue weighted by atomic mass is 10.2. The van der Waals surface area contributed by atoms with E-state index in [0.29, 0.717) is 28.2 Å². The first-order valence-corrected chi connectivity index (χ1v) is 12.0. The molecular weight excluding hydrogens is 498 g/mol. The van der Waals surface area contributed by atoms with Gasteiger partial charge in [0.1, 0.15) is 0 Å². The Kier molecular flexibility index (Phi) is 9.67. The summed E-state index contributed by atoms with van der Waals surface area (Å²) < 4.78 is 16.9. The van der Waals surface area contributed by atoms with Crippen LogP contribution in [0.5, 0.6) is 11.5 Å². The van der Waals surface area contributed by atoms with Crippen LogP contribution in [0, 0.1) is 0 Å². The molecule has 2 amide bonds. The van der Waals surface area contributed by atoms with Crippen molar-refractivity contribution in [2.24, 2.45) is 7.05 Å². The van der Waals surface area contributed by atoms with E-state index in [1.165, 1.54) is 24.9 Å². The van der Waals surface area contributed by atoms with E-state index >= 15 is 0 Å². The minimum atomic E-state index is -0.540. The van der Waals surface area contributed by atoms with Crippen molar-refractivity contribution >= 4 is 41.3 Å². The first kappa shape index (κ1) is 27.3. The summed E-state index contributed by atoms with van der Waals surface area (Å²) >= 11 is 1.18. The lowest BCUT2D eigenvalue weighted by Gasteiger charge is -2.09. The zero-order chi connectivity index (χ0) is 26.8. The number of carbonyl (C=O) groups excluding carboxylic acids is 3. The Labute approximate surface area is 218 Å². The highest BCUT2D eigenvalue weighted by molar-refractivity contribution is 7.99. The van der Waals surface area contributed by atoms with Crippen molar-refractivity contribution in [2.45, 2.75) is 11.7 Å². The number of aromatic nitrogens is 3. The third-order valence-corrected chi connectivity index (χ3v) is 6.14. The molecule has 0 atom stereocenters. The van der Waals surface area contributed by atoms with E-state index in [0.717, 1.165) is 5.56 Å². The smallest absolute Gasteiger partial charge is 0.339 e. The molecule has 0 saturated heterocycles. The molecule has 194 valence electrons.